The molecule has 3 rings (SSSR count). The fourth-order valence-corrected chi connectivity index (χ4v) is 2.54. The number of carbonyl (C=O) groups is 1. The van der Waals surface area contributed by atoms with Crippen molar-refractivity contribution in [2.75, 3.05) is 18.5 Å². The number of amides is 1. The van der Waals surface area contributed by atoms with Crippen LogP contribution < -0.4 is 10.1 Å². The lowest BCUT2D eigenvalue weighted by atomic mass is 10.0. The summed E-state index contributed by atoms with van der Waals surface area (Å²) in [6.45, 7) is 1.09. The average molecular weight is 366 g/mol. The van der Waals surface area contributed by atoms with Gasteiger partial charge in [0.25, 0.3) is 0 Å². The number of nitrogens with one attached hydrogen (secondary N) is 1. The van der Waals surface area contributed by atoms with Crippen molar-refractivity contribution in [2.24, 2.45) is 5.92 Å². The van der Waals surface area contributed by atoms with Gasteiger partial charge in [-0.2, -0.15) is 13.2 Å². The number of nitrogens with zero attached hydrogens (tertiary/aromatic N) is 1. The van der Waals surface area contributed by atoms with E-state index in [0.717, 1.165) is 25.0 Å². The van der Waals surface area contributed by atoms with E-state index in [1.165, 1.54) is 24.4 Å². The first-order valence-corrected chi connectivity index (χ1v) is 8.11. The maximum atomic E-state index is 12.5. The number of hydrogen-bond acceptors (Lipinski definition) is 4. The summed E-state index contributed by atoms with van der Waals surface area (Å²) in [7, 11) is 0. The standard InChI is InChI=1S/C18H17F3N2O3/c19-18(20,21)13-3-6-15(7-4-13)26-16-8-5-14(10-22-16)23-17(24)12-2-1-9-25-11-12/h3-8,10,12H,1-2,9,11H2,(H,23,24). The second-order valence-electron chi connectivity index (χ2n) is 5.91. The Balaban J connectivity index is 1.58. The Bertz CT molecular complexity index is 740. The highest BCUT2D eigenvalue weighted by Crippen LogP contribution is 2.31. The minimum atomic E-state index is -4.39. The summed E-state index contributed by atoms with van der Waals surface area (Å²) in [4.78, 5) is 16.2. The number of aromatic nitrogens is 1. The second kappa shape index (κ2) is 7.74. The zero-order chi connectivity index (χ0) is 18.6. The van der Waals surface area contributed by atoms with Crippen molar-refractivity contribution in [3.8, 4) is 11.6 Å². The predicted octanol–water partition coefficient (Wildman–Crippen LogP) is 4.26. The normalized spacial score (nSPS) is 17.6. The number of benzene rings is 1. The molecule has 1 fully saturated rings. The molecule has 0 bridgehead atoms. The zero-order valence-electron chi connectivity index (χ0n) is 13.8. The maximum absolute atomic E-state index is 12.5. The molecule has 1 aromatic heterocycles. The molecule has 138 valence electrons. The molecular weight excluding hydrogens is 349 g/mol. The largest absolute Gasteiger partial charge is 0.439 e. The van der Waals surface area contributed by atoms with E-state index in [-0.39, 0.29) is 23.5 Å². The Morgan fingerprint density at radius 1 is 1.19 bits per heavy atom. The summed E-state index contributed by atoms with van der Waals surface area (Å²) in [6.07, 6.45) is -1.31. The first-order valence-electron chi connectivity index (χ1n) is 8.11. The van der Waals surface area contributed by atoms with E-state index in [1.807, 2.05) is 0 Å². The van der Waals surface area contributed by atoms with Gasteiger partial charge in [0.15, 0.2) is 0 Å². The van der Waals surface area contributed by atoms with Crippen LogP contribution in [0.25, 0.3) is 0 Å². The smallest absolute Gasteiger partial charge is 0.416 e. The van der Waals surface area contributed by atoms with Gasteiger partial charge in [0, 0.05) is 12.7 Å². The Morgan fingerprint density at radius 3 is 2.54 bits per heavy atom. The van der Waals surface area contributed by atoms with Gasteiger partial charge in [-0.15, -0.1) is 0 Å². The molecular formula is C18H17F3N2O3. The molecule has 1 saturated heterocycles. The molecule has 1 atom stereocenters. The number of anilines is 1. The molecule has 0 aliphatic carbocycles. The fraction of sp³-hybridized carbons (Fsp3) is 0.333. The van der Waals surface area contributed by atoms with E-state index < -0.39 is 11.7 Å². The third-order valence-electron chi connectivity index (χ3n) is 3.94. The number of halogens is 3. The molecule has 8 heteroatoms. The van der Waals surface area contributed by atoms with E-state index >= 15 is 0 Å². The summed E-state index contributed by atoms with van der Waals surface area (Å²) in [5.41, 5.74) is -0.233. The van der Waals surface area contributed by atoms with Gasteiger partial charge in [-0.3, -0.25) is 4.79 Å². The van der Waals surface area contributed by atoms with Crippen molar-refractivity contribution in [2.45, 2.75) is 19.0 Å². The summed E-state index contributed by atoms with van der Waals surface area (Å²) in [6, 6.07) is 7.48. The van der Waals surface area contributed by atoms with Crippen LogP contribution in [0.1, 0.15) is 18.4 Å². The van der Waals surface area contributed by atoms with Crippen LogP contribution in [0, 0.1) is 5.92 Å². The first kappa shape index (κ1) is 18.2. The van der Waals surface area contributed by atoms with Gasteiger partial charge < -0.3 is 14.8 Å². The Kier molecular flexibility index (Phi) is 5.41. The van der Waals surface area contributed by atoms with Crippen LogP contribution in [0.15, 0.2) is 42.6 Å². The first-order chi connectivity index (χ1) is 12.4. The molecule has 26 heavy (non-hydrogen) atoms. The lowest BCUT2D eigenvalue weighted by molar-refractivity contribution is -0.137. The molecule has 2 aromatic rings. The minimum Gasteiger partial charge on any atom is -0.439 e. The summed E-state index contributed by atoms with van der Waals surface area (Å²) < 4.78 is 48.3. The predicted molar refractivity (Wildman–Crippen MR) is 87.9 cm³/mol. The molecule has 2 heterocycles. The Morgan fingerprint density at radius 2 is 1.96 bits per heavy atom. The van der Waals surface area contributed by atoms with Crippen LogP contribution in [0.3, 0.4) is 0 Å². The van der Waals surface area contributed by atoms with Gasteiger partial charge in [-0.25, -0.2) is 4.98 Å². The van der Waals surface area contributed by atoms with Crippen LogP contribution in [0.4, 0.5) is 18.9 Å². The van der Waals surface area contributed by atoms with Crippen molar-refractivity contribution in [1.29, 1.82) is 0 Å². The summed E-state index contributed by atoms with van der Waals surface area (Å²) in [5.74, 6) is 0.153. The van der Waals surface area contributed by atoms with Crippen LogP contribution in [0.5, 0.6) is 11.6 Å². The molecule has 1 amide bonds. The molecule has 1 aromatic carbocycles. The van der Waals surface area contributed by atoms with Gasteiger partial charge in [-0.05, 0) is 43.2 Å². The highest BCUT2D eigenvalue weighted by Gasteiger charge is 2.30. The third kappa shape index (κ3) is 4.72. The highest BCUT2D eigenvalue weighted by molar-refractivity contribution is 5.92. The van der Waals surface area contributed by atoms with Crippen molar-refractivity contribution in [3.05, 3.63) is 48.2 Å². The van der Waals surface area contributed by atoms with Crippen molar-refractivity contribution >= 4 is 11.6 Å². The number of rotatable bonds is 4. The van der Waals surface area contributed by atoms with Gasteiger partial charge >= 0.3 is 6.18 Å². The number of hydrogen-bond donors (Lipinski definition) is 1. The van der Waals surface area contributed by atoms with E-state index in [2.05, 4.69) is 10.3 Å². The van der Waals surface area contributed by atoms with Crippen molar-refractivity contribution in [3.63, 3.8) is 0 Å². The fourth-order valence-electron chi connectivity index (χ4n) is 2.54. The molecule has 0 spiro atoms. The van der Waals surface area contributed by atoms with Crippen molar-refractivity contribution in [1.82, 2.24) is 4.98 Å². The van der Waals surface area contributed by atoms with Gasteiger partial charge in [0.2, 0.25) is 11.8 Å². The number of pyridine rings is 1. The third-order valence-corrected chi connectivity index (χ3v) is 3.94. The van der Waals surface area contributed by atoms with Crippen LogP contribution in [-0.4, -0.2) is 24.1 Å². The Labute approximate surface area is 148 Å². The molecule has 0 radical (unpaired) electrons. The minimum absolute atomic E-state index is 0.122. The topological polar surface area (TPSA) is 60.5 Å². The van der Waals surface area contributed by atoms with Crippen molar-refractivity contribution < 1.29 is 27.4 Å². The quantitative estimate of drug-likeness (QED) is 0.878. The molecule has 1 unspecified atom stereocenters. The van der Waals surface area contributed by atoms with Gasteiger partial charge in [-0.1, -0.05) is 0 Å². The highest BCUT2D eigenvalue weighted by atomic mass is 19.4. The molecule has 1 aliphatic heterocycles. The van der Waals surface area contributed by atoms with E-state index in [4.69, 9.17) is 9.47 Å². The summed E-state index contributed by atoms with van der Waals surface area (Å²) >= 11 is 0. The second-order valence-corrected chi connectivity index (χ2v) is 5.91. The van der Waals surface area contributed by atoms with Gasteiger partial charge in [0.1, 0.15) is 5.75 Å². The van der Waals surface area contributed by atoms with Crippen LogP contribution in [-0.2, 0) is 15.7 Å². The number of ether oxygens (including phenoxy) is 2. The van der Waals surface area contributed by atoms with E-state index in [9.17, 15) is 18.0 Å². The lowest BCUT2D eigenvalue weighted by Gasteiger charge is -2.21. The molecule has 1 aliphatic rings. The maximum Gasteiger partial charge on any atom is 0.416 e. The number of alkyl halides is 3. The van der Waals surface area contributed by atoms with E-state index in [1.54, 1.807) is 6.07 Å². The van der Waals surface area contributed by atoms with Crippen LogP contribution in [0.2, 0.25) is 0 Å². The molecule has 0 saturated carbocycles. The molecule has 1 N–H and O–H groups in total. The zero-order valence-corrected chi connectivity index (χ0v) is 13.8. The Hall–Kier alpha value is -2.61. The van der Waals surface area contributed by atoms with E-state index in [0.29, 0.717) is 18.9 Å². The summed E-state index contributed by atoms with van der Waals surface area (Å²) in [5, 5.41) is 2.76. The van der Waals surface area contributed by atoms with Crippen LogP contribution >= 0.6 is 0 Å². The lowest BCUT2D eigenvalue weighted by Crippen LogP contribution is -2.30. The van der Waals surface area contributed by atoms with Gasteiger partial charge in [0.05, 0.1) is 30.0 Å². The SMILES string of the molecule is O=C(Nc1ccc(Oc2ccc(C(F)(F)F)cc2)nc1)C1CCCOC1. The average Bonchev–Trinajstić information content (AvgIpc) is 2.64. The molecule has 5 nitrogen and oxygen atoms in total. The monoisotopic (exact) mass is 366 g/mol. The number of carbonyl (C=O) groups excluding carboxylic acids is 1.